The van der Waals surface area contributed by atoms with Crippen molar-refractivity contribution >= 4 is 46.8 Å². The highest BCUT2D eigenvalue weighted by atomic mass is 35.5. The zero-order valence-corrected chi connectivity index (χ0v) is 18.2. The van der Waals surface area contributed by atoms with E-state index in [2.05, 4.69) is 22.2 Å². The van der Waals surface area contributed by atoms with Crippen LogP contribution in [0.25, 0.3) is 5.70 Å². The van der Waals surface area contributed by atoms with E-state index in [1.165, 1.54) is 0 Å². The predicted molar refractivity (Wildman–Crippen MR) is 123 cm³/mol. The minimum Gasteiger partial charge on any atom is -0.383 e. The number of rotatable bonds is 4. The van der Waals surface area contributed by atoms with Crippen LogP contribution in [0, 0.1) is 0 Å². The molecule has 0 saturated carbocycles. The van der Waals surface area contributed by atoms with Crippen LogP contribution in [0.2, 0.25) is 5.02 Å². The summed E-state index contributed by atoms with van der Waals surface area (Å²) in [5.41, 5.74) is 10.2. The molecule has 0 fully saturated rings. The number of hydrogen-bond acceptors (Lipinski definition) is 5. The van der Waals surface area contributed by atoms with Gasteiger partial charge in [0, 0.05) is 42.0 Å². The van der Waals surface area contributed by atoms with Gasteiger partial charge in [-0.2, -0.15) is 0 Å². The van der Waals surface area contributed by atoms with Gasteiger partial charge in [-0.05, 0) is 38.1 Å². The van der Waals surface area contributed by atoms with Gasteiger partial charge in [0.15, 0.2) is 0 Å². The van der Waals surface area contributed by atoms with E-state index in [-0.39, 0.29) is 5.84 Å². The highest BCUT2D eigenvalue weighted by Crippen LogP contribution is 2.29. The fourth-order valence-corrected chi connectivity index (χ4v) is 3.53. The Morgan fingerprint density at radius 1 is 1.45 bits per heavy atom. The van der Waals surface area contributed by atoms with E-state index in [0.29, 0.717) is 52.2 Å². The highest BCUT2D eigenvalue weighted by molar-refractivity contribution is 6.32. The summed E-state index contributed by atoms with van der Waals surface area (Å²) < 4.78 is 0. The number of hydrogen-bond donors (Lipinski definition) is 3. The molecule has 0 aromatic heterocycles. The molecule has 1 aromatic rings. The van der Waals surface area contributed by atoms with Crippen molar-refractivity contribution in [2.24, 2.45) is 10.7 Å². The SMILES string of the molecule is C=C1N=C(N)/C(C)=C(/c2cc(Cl)ccc2NC=O)NCCN(C)/C1=C(Cl)/C=C\C. The number of aliphatic imine (C=N–C) groups is 1. The number of allylic oxidation sites excluding steroid dienone is 3. The van der Waals surface area contributed by atoms with Crippen molar-refractivity contribution in [2.75, 3.05) is 25.5 Å². The number of amides is 1. The first kappa shape index (κ1) is 22.6. The number of amidine groups is 1. The Kier molecular flexibility index (Phi) is 7.93. The molecule has 29 heavy (non-hydrogen) atoms. The molecule has 6 nitrogen and oxygen atoms in total. The lowest BCUT2D eigenvalue weighted by Crippen LogP contribution is -2.32. The Balaban J connectivity index is 2.65. The molecule has 8 heteroatoms. The molecule has 0 radical (unpaired) electrons. The maximum absolute atomic E-state index is 11.0. The number of likely N-dealkylation sites (N-methyl/N-ethyl adjacent to an activating group) is 1. The molecule has 0 spiro atoms. The van der Waals surface area contributed by atoms with Crippen molar-refractivity contribution in [3.8, 4) is 0 Å². The fourth-order valence-electron chi connectivity index (χ4n) is 2.98. The minimum absolute atomic E-state index is 0.285. The standard InChI is InChI=1S/C21H25Cl2N5O/c1-5-6-17(23)20-14(3)27-21(24)13(2)19(25-9-10-28(20)4)16-11-15(22)7-8-18(16)26-12-29/h5-8,11-12,25H,3,9-10H2,1-2,4H3,(H2,24,27)(H,26,29)/b6-5-,19-13-,20-17-. The van der Waals surface area contributed by atoms with Crippen LogP contribution >= 0.6 is 23.2 Å². The maximum Gasteiger partial charge on any atom is 0.211 e. The summed E-state index contributed by atoms with van der Waals surface area (Å²) in [7, 11) is 1.91. The average Bonchev–Trinajstić information content (AvgIpc) is 2.66. The third-order valence-corrected chi connectivity index (χ3v) is 4.96. The number of nitrogens with two attached hydrogens (primary N) is 1. The summed E-state index contributed by atoms with van der Waals surface area (Å²) in [6, 6.07) is 5.22. The first-order valence-corrected chi connectivity index (χ1v) is 9.78. The van der Waals surface area contributed by atoms with Crippen LogP contribution < -0.4 is 16.4 Å². The molecule has 1 heterocycles. The van der Waals surface area contributed by atoms with Crippen molar-refractivity contribution in [3.05, 3.63) is 69.5 Å². The van der Waals surface area contributed by atoms with Crippen LogP contribution in [0.3, 0.4) is 0 Å². The van der Waals surface area contributed by atoms with Crippen molar-refractivity contribution in [1.82, 2.24) is 10.2 Å². The second-order valence-corrected chi connectivity index (χ2v) is 7.28. The van der Waals surface area contributed by atoms with E-state index >= 15 is 0 Å². The zero-order chi connectivity index (χ0) is 21.6. The summed E-state index contributed by atoms with van der Waals surface area (Å²) in [6.07, 6.45) is 4.27. The van der Waals surface area contributed by atoms with Gasteiger partial charge in [-0.1, -0.05) is 35.9 Å². The van der Waals surface area contributed by atoms with Gasteiger partial charge in [0.25, 0.3) is 0 Å². The molecule has 0 atom stereocenters. The smallest absolute Gasteiger partial charge is 0.211 e. The monoisotopic (exact) mass is 433 g/mol. The first-order chi connectivity index (χ1) is 13.8. The number of nitrogens with one attached hydrogen (secondary N) is 2. The van der Waals surface area contributed by atoms with Gasteiger partial charge >= 0.3 is 0 Å². The molecular formula is C21H25Cl2N5O. The van der Waals surface area contributed by atoms with Gasteiger partial charge in [-0.15, -0.1) is 0 Å². The predicted octanol–water partition coefficient (Wildman–Crippen LogP) is 4.07. The van der Waals surface area contributed by atoms with E-state index in [0.717, 1.165) is 11.3 Å². The van der Waals surface area contributed by atoms with Crippen molar-refractivity contribution in [1.29, 1.82) is 0 Å². The van der Waals surface area contributed by atoms with E-state index in [1.807, 2.05) is 31.9 Å². The van der Waals surface area contributed by atoms with Crippen molar-refractivity contribution < 1.29 is 4.79 Å². The molecule has 1 amide bonds. The Bertz CT molecular complexity index is 931. The lowest BCUT2D eigenvalue weighted by molar-refractivity contribution is -0.105. The van der Waals surface area contributed by atoms with Gasteiger partial charge in [0.1, 0.15) is 5.84 Å². The van der Waals surface area contributed by atoms with Crippen LogP contribution in [0.1, 0.15) is 19.4 Å². The number of nitrogens with zero attached hydrogens (tertiary/aromatic N) is 2. The van der Waals surface area contributed by atoms with E-state index in [9.17, 15) is 4.79 Å². The fraction of sp³-hybridized carbons (Fsp3) is 0.238. The maximum atomic E-state index is 11.0. The Hall–Kier alpha value is -2.70. The second kappa shape index (κ2) is 10.2. The van der Waals surface area contributed by atoms with Crippen LogP contribution in [0.4, 0.5) is 5.69 Å². The van der Waals surface area contributed by atoms with Crippen molar-refractivity contribution in [3.63, 3.8) is 0 Å². The normalized spacial score (nSPS) is 20.2. The van der Waals surface area contributed by atoms with E-state index in [4.69, 9.17) is 28.9 Å². The molecule has 1 aliphatic rings. The molecule has 0 bridgehead atoms. The molecule has 4 N–H and O–H groups in total. The number of halogens is 2. The van der Waals surface area contributed by atoms with Gasteiger partial charge in [-0.25, -0.2) is 4.99 Å². The summed E-state index contributed by atoms with van der Waals surface area (Å²) in [4.78, 5) is 17.5. The van der Waals surface area contributed by atoms with E-state index < -0.39 is 0 Å². The van der Waals surface area contributed by atoms with Gasteiger partial charge in [-0.3, -0.25) is 4.79 Å². The van der Waals surface area contributed by atoms with Gasteiger partial charge in [0.2, 0.25) is 6.41 Å². The average molecular weight is 434 g/mol. The summed E-state index contributed by atoms with van der Waals surface area (Å²) in [5, 5.41) is 7.17. The number of carbonyl (C=O) groups is 1. The second-order valence-electron chi connectivity index (χ2n) is 6.44. The molecule has 2 rings (SSSR count). The minimum atomic E-state index is 0.285. The van der Waals surface area contributed by atoms with Crippen LogP contribution in [0.5, 0.6) is 0 Å². The molecule has 1 aliphatic heterocycles. The molecule has 0 aliphatic carbocycles. The molecule has 0 unspecified atom stereocenters. The Morgan fingerprint density at radius 2 is 2.17 bits per heavy atom. The summed E-state index contributed by atoms with van der Waals surface area (Å²) >= 11 is 12.6. The molecule has 0 saturated heterocycles. The largest absolute Gasteiger partial charge is 0.383 e. The van der Waals surface area contributed by atoms with Crippen LogP contribution in [-0.2, 0) is 4.79 Å². The molecule has 1 aromatic carbocycles. The van der Waals surface area contributed by atoms with Gasteiger partial charge < -0.3 is 21.3 Å². The van der Waals surface area contributed by atoms with Crippen molar-refractivity contribution in [2.45, 2.75) is 13.8 Å². The summed E-state index contributed by atoms with van der Waals surface area (Å²) in [5.74, 6) is 0.285. The highest BCUT2D eigenvalue weighted by Gasteiger charge is 2.19. The quantitative estimate of drug-likeness (QED) is 0.624. The number of carbonyl (C=O) groups excluding carboxylic acids is 1. The number of anilines is 1. The topological polar surface area (TPSA) is 82.7 Å². The third-order valence-electron chi connectivity index (χ3n) is 4.42. The van der Waals surface area contributed by atoms with E-state index in [1.54, 1.807) is 24.3 Å². The van der Waals surface area contributed by atoms with Gasteiger partial charge in [0.05, 0.1) is 22.1 Å². The van der Waals surface area contributed by atoms with Crippen LogP contribution in [-0.4, -0.2) is 37.3 Å². The number of benzene rings is 1. The lowest BCUT2D eigenvalue weighted by atomic mass is 10.0. The Morgan fingerprint density at radius 3 is 2.83 bits per heavy atom. The molecule has 154 valence electrons. The van der Waals surface area contributed by atoms with Crippen LogP contribution in [0.15, 0.2) is 63.9 Å². The third kappa shape index (κ3) is 5.43. The zero-order valence-electron chi connectivity index (χ0n) is 16.7. The summed E-state index contributed by atoms with van der Waals surface area (Å²) in [6.45, 7) is 9.01. The lowest BCUT2D eigenvalue weighted by Gasteiger charge is -2.27. The Labute approximate surface area is 181 Å². The molecular weight excluding hydrogens is 409 g/mol. The first-order valence-electron chi connectivity index (χ1n) is 9.02.